The number of allylic oxidation sites excluding steroid dienone is 2. The van der Waals surface area contributed by atoms with E-state index in [-0.39, 0.29) is 17.1 Å². The van der Waals surface area contributed by atoms with Gasteiger partial charge in [-0.15, -0.1) is 0 Å². The molecule has 0 saturated carbocycles. The standard InChI is InChI=1S/C11H12O4/c1-5-9-7(12)3-4-8(13)10(9)11(14)6(2)15-5/h3-6,11,14H,1-2H3/t5-,6-,11+/m1/s1. The van der Waals surface area contributed by atoms with Crippen molar-refractivity contribution in [2.45, 2.75) is 32.2 Å². The zero-order valence-corrected chi connectivity index (χ0v) is 8.56. The third-order valence-electron chi connectivity index (χ3n) is 2.77. The fourth-order valence-electron chi connectivity index (χ4n) is 2.02. The second-order valence-corrected chi connectivity index (χ2v) is 3.82. The Labute approximate surface area is 87.2 Å². The highest BCUT2D eigenvalue weighted by atomic mass is 16.5. The molecule has 1 heterocycles. The molecule has 0 aromatic carbocycles. The molecular weight excluding hydrogens is 196 g/mol. The first-order valence-corrected chi connectivity index (χ1v) is 4.86. The van der Waals surface area contributed by atoms with Crippen LogP contribution in [0.2, 0.25) is 0 Å². The van der Waals surface area contributed by atoms with E-state index in [9.17, 15) is 14.7 Å². The van der Waals surface area contributed by atoms with Crippen LogP contribution in [0.5, 0.6) is 0 Å². The molecule has 2 aliphatic rings. The van der Waals surface area contributed by atoms with Gasteiger partial charge in [-0.05, 0) is 26.0 Å². The van der Waals surface area contributed by atoms with Gasteiger partial charge in [-0.25, -0.2) is 0 Å². The van der Waals surface area contributed by atoms with Gasteiger partial charge in [-0.1, -0.05) is 0 Å². The Bertz CT molecular complexity index is 391. The fraction of sp³-hybridized carbons (Fsp3) is 0.455. The summed E-state index contributed by atoms with van der Waals surface area (Å²) in [5.74, 6) is -0.540. The van der Waals surface area contributed by atoms with Crippen LogP contribution in [0.4, 0.5) is 0 Å². The maximum Gasteiger partial charge on any atom is 0.185 e. The van der Waals surface area contributed by atoms with Crippen LogP contribution in [0, 0.1) is 0 Å². The van der Waals surface area contributed by atoms with Gasteiger partial charge in [0, 0.05) is 11.1 Å². The van der Waals surface area contributed by atoms with E-state index >= 15 is 0 Å². The van der Waals surface area contributed by atoms with Gasteiger partial charge in [-0.3, -0.25) is 9.59 Å². The summed E-state index contributed by atoms with van der Waals surface area (Å²) in [5, 5.41) is 9.79. The third kappa shape index (κ3) is 1.46. The molecule has 0 aromatic heterocycles. The Kier molecular flexibility index (Phi) is 2.32. The zero-order valence-electron chi connectivity index (χ0n) is 8.56. The molecule has 0 radical (unpaired) electrons. The maximum atomic E-state index is 11.6. The van der Waals surface area contributed by atoms with Crippen molar-refractivity contribution in [2.75, 3.05) is 0 Å². The van der Waals surface area contributed by atoms with Gasteiger partial charge in [0.25, 0.3) is 0 Å². The minimum atomic E-state index is -1.00. The highest BCUT2D eigenvalue weighted by Crippen LogP contribution is 2.30. The molecule has 0 bridgehead atoms. The van der Waals surface area contributed by atoms with Crippen LogP contribution in [0.15, 0.2) is 23.3 Å². The number of ether oxygens (including phenoxy) is 1. The van der Waals surface area contributed by atoms with E-state index < -0.39 is 18.3 Å². The first-order valence-electron chi connectivity index (χ1n) is 4.86. The van der Waals surface area contributed by atoms with E-state index in [2.05, 4.69) is 0 Å². The van der Waals surface area contributed by atoms with E-state index in [1.807, 2.05) is 0 Å². The van der Waals surface area contributed by atoms with Gasteiger partial charge in [0.05, 0.1) is 12.2 Å². The molecule has 1 aliphatic carbocycles. The van der Waals surface area contributed by atoms with Crippen LogP contribution < -0.4 is 0 Å². The number of hydrogen-bond donors (Lipinski definition) is 1. The molecule has 0 unspecified atom stereocenters. The van der Waals surface area contributed by atoms with Crippen molar-refractivity contribution >= 4 is 11.6 Å². The Hall–Kier alpha value is -1.26. The normalized spacial score (nSPS) is 35.8. The number of carbonyl (C=O) groups excluding carboxylic acids is 2. The summed E-state index contributed by atoms with van der Waals surface area (Å²) in [6.45, 7) is 3.39. The lowest BCUT2D eigenvalue weighted by Gasteiger charge is -2.34. The second kappa shape index (κ2) is 3.40. The maximum absolute atomic E-state index is 11.6. The zero-order chi connectivity index (χ0) is 11.2. The van der Waals surface area contributed by atoms with E-state index in [1.54, 1.807) is 13.8 Å². The summed E-state index contributed by atoms with van der Waals surface area (Å²) in [4.78, 5) is 23.1. The topological polar surface area (TPSA) is 63.6 Å². The quantitative estimate of drug-likeness (QED) is 0.576. The van der Waals surface area contributed by atoms with Crippen LogP contribution in [0.1, 0.15) is 13.8 Å². The second-order valence-electron chi connectivity index (χ2n) is 3.82. The summed E-state index contributed by atoms with van der Waals surface area (Å²) >= 11 is 0. The van der Waals surface area contributed by atoms with Crippen molar-refractivity contribution in [3.63, 3.8) is 0 Å². The number of aliphatic hydroxyl groups excluding tert-OH is 1. The summed E-state index contributed by atoms with van der Waals surface area (Å²) < 4.78 is 5.37. The number of aliphatic hydroxyl groups is 1. The molecule has 0 spiro atoms. The largest absolute Gasteiger partial charge is 0.386 e. The summed E-state index contributed by atoms with van der Waals surface area (Å²) in [6.07, 6.45) is 0.540. The fourth-order valence-corrected chi connectivity index (χ4v) is 2.02. The highest BCUT2D eigenvalue weighted by molar-refractivity contribution is 6.21. The number of carbonyl (C=O) groups is 2. The van der Waals surface area contributed by atoms with E-state index in [0.717, 1.165) is 0 Å². The minimum absolute atomic E-state index is 0.203. The first kappa shape index (κ1) is 10.3. The van der Waals surface area contributed by atoms with Crippen molar-refractivity contribution in [2.24, 2.45) is 0 Å². The van der Waals surface area contributed by atoms with Gasteiger partial charge < -0.3 is 9.84 Å². The van der Waals surface area contributed by atoms with E-state index in [1.165, 1.54) is 12.2 Å². The molecule has 0 fully saturated rings. The van der Waals surface area contributed by atoms with Crippen LogP contribution >= 0.6 is 0 Å². The van der Waals surface area contributed by atoms with Crippen molar-refractivity contribution in [1.82, 2.24) is 0 Å². The number of ketones is 2. The Morgan fingerprint density at radius 2 is 1.67 bits per heavy atom. The number of rotatable bonds is 0. The molecule has 0 aromatic rings. The minimum Gasteiger partial charge on any atom is -0.386 e. The summed E-state index contributed by atoms with van der Waals surface area (Å²) in [5.41, 5.74) is 0.502. The van der Waals surface area contributed by atoms with Gasteiger partial charge >= 0.3 is 0 Å². The molecule has 1 N–H and O–H groups in total. The van der Waals surface area contributed by atoms with Crippen LogP contribution in [0.25, 0.3) is 0 Å². The molecule has 3 atom stereocenters. The molecule has 0 saturated heterocycles. The van der Waals surface area contributed by atoms with Crippen LogP contribution in [-0.4, -0.2) is 35.0 Å². The van der Waals surface area contributed by atoms with Gasteiger partial charge in [0.15, 0.2) is 11.6 Å². The first-order chi connectivity index (χ1) is 7.02. The predicted octanol–water partition coefficient (Wildman–Crippen LogP) is 0.159. The summed E-state index contributed by atoms with van der Waals surface area (Å²) in [7, 11) is 0. The van der Waals surface area contributed by atoms with Crippen molar-refractivity contribution in [3.8, 4) is 0 Å². The predicted molar refractivity (Wildman–Crippen MR) is 52.2 cm³/mol. The number of hydrogen-bond acceptors (Lipinski definition) is 4. The average molecular weight is 208 g/mol. The van der Waals surface area contributed by atoms with Crippen molar-refractivity contribution in [3.05, 3.63) is 23.3 Å². The lowest BCUT2D eigenvalue weighted by Crippen LogP contribution is -2.43. The van der Waals surface area contributed by atoms with Gasteiger partial charge in [0.2, 0.25) is 0 Å². The molecule has 15 heavy (non-hydrogen) atoms. The van der Waals surface area contributed by atoms with Gasteiger partial charge in [0.1, 0.15) is 6.10 Å². The Morgan fingerprint density at radius 1 is 1.13 bits per heavy atom. The average Bonchev–Trinajstić information content (AvgIpc) is 2.18. The van der Waals surface area contributed by atoms with Crippen LogP contribution in [0.3, 0.4) is 0 Å². The molecule has 4 nitrogen and oxygen atoms in total. The lowest BCUT2D eigenvalue weighted by atomic mass is 9.84. The molecule has 2 rings (SSSR count). The lowest BCUT2D eigenvalue weighted by molar-refractivity contribution is -0.122. The van der Waals surface area contributed by atoms with E-state index in [4.69, 9.17) is 4.74 Å². The highest BCUT2D eigenvalue weighted by Gasteiger charge is 2.39. The molecule has 80 valence electrons. The SMILES string of the molecule is C[C@H]1O[C@H](C)[C@H](O)C2=C1C(=O)C=CC2=O. The van der Waals surface area contributed by atoms with Crippen LogP contribution in [-0.2, 0) is 14.3 Å². The molecule has 1 aliphatic heterocycles. The molecular formula is C11H12O4. The van der Waals surface area contributed by atoms with Crippen molar-refractivity contribution in [1.29, 1.82) is 0 Å². The monoisotopic (exact) mass is 208 g/mol. The molecule has 4 heteroatoms. The smallest absolute Gasteiger partial charge is 0.185 e. The van der Waals surface area contributed by atoms with E-state index in [0.29, 0.717) is 5.57 Å². The summed E-state index contributed by atoms with van der Waals surface area (Å²) in [6, 6.07) is 0. The van der Waals surface area contributed by atoms with Gasteiger partial charge in [-0.2, -0.15) is 0 Å². The Morgan fingerprint density at radius 3 is 2.27 bits per heavy atom. The Balaban J connectivity index is 2.54. The molecule has 0 amide bonds. The third-order valence-corrected chi connectivity index (χ3v) is 2.77. The van der Waals surface area contributed by atoms with Crippen molar-refractivity contribution < 1.29 is 19.4 Å².